The zero-order chi connectivity index (χ0) is 10.8. The van der Waals surface area contributed by atoms with E-state index in [9.17, 15) is 4.79 Å². The van der Waals surface area contributed by atoms with Gasteiger partial charge in [0.25, 0.3) is 0 Å². The highest BCUT2D eigenvalue weighted by atomic mass is 79.9. The van der Waals surface area contributed by atoms with E-state index < -0.39 is 6.09 Å². The summed E-state index contributed by atoms with van der Waals surface area (Å²) < 4.78 is 0.767. The van der Waals surface area contributed by atoms with Crippen molar-refractivity contribution < 1.29 is 9.90 Å². The molecule has 0 aliphatic carbocycles. The number of hydrogen-bond donors (Lipinski definition) is 2. The van der Waals surface area contributed by atoms with Crippen LogP contribution in [0.15, 0.2) is 40.9 Å². The highest BCUT2D eigenvalue weighted by Crippen LogP contribution is 2.31. The van der Waals surface area contributed by atoms with E-state index >= 15 is 0 Å². The first kappa shape index (κ1) is 9.98. The lowest BCUT2D eigenvalue weighted by atomic mass is 10.1. The molecule has 0 aliphatic rings. The third-order valence-electron chi connectivity index (χ3n) is 2.10. The van der Waals surface area contributed by atoms with Crippen molar-refractivity contribution in [2.75, 3.05) is 5.32 Å². The van der Waals surface area contributed by atoms with E-state index in [1.807, 2.05) is 30.3 Å². The van der Waals surface area contributed by atoms with Crippen LogP contribution in [0.3, 0.4) is 0 Å². The third kappa shape index (κ3) is 1.94. The van der Waals surface area contributed by atoms with Gasteiger partial charge in [0, 0.05) is 4.47 Å². The molecule has 2 N–H and O–H groups in total. The largest absolute Gasteiger partial charge is 0.465 e. The van der Waals surface area contributed by atoms with Crippen LogP contribution in [-0.4, -0.2) is 11.2 Å². The average Bonchev–Trinajstić information content (AvgIpc) is 2.22. The minimum absolute atomic E-state index is 0.557. The van der Waals surface area contributed by atoms with Crippen LogP contribution in [0.25, 0.3) is 10.8 Å². The molecule has 0 bridgehead atoms. The van der Waals surface area contributed by atoms with Crippen molar-refractivity contribution in [2.45, 2.75) is 0 Å². The van der Waals surface area contributed by atoms with Gasteiger partial charge in [0.05, 0.1) is 5.69 Å². The quantitative estimate of drug-likeness (QED) is 0.826. The van der Waals surface area contributed by atoms with Crippen LogP contribution in [-0.2, 0) is 0 Å². The SMILES string of the molecule is O=C(O)Nc1ccc2ccccc2c1Br. The highest BCUT2D eigenvalue weighted by molar-refractivity contribution is 9.10. The van der Waals surface area contributed by atoms with Crippen molar-refractivity contribution in [1.82, 2.24) is 0 Å². The molecule has 0 radical (unpaired) electrons. The van der Waals surface area contributed by atoms with Gasteiger partial charge in [-0.2, -0.15) is 0 Å². The van der Waals surface area contributed by atoms with Crippen molar-refractivity contribution >= 4 is 38.5 Å². The van der Waals surface area contributed by atoms with Crippen LogP contribution >= 0.6 is 15.9 Å². The average molecular weight is 266 g/mol. The summed E-state index contributed by atoms with van der Waals surface area (Å²) in [5.41, 5.74) is 0.557. The minimum atomic E-state index is -1.06. The fourth-order valence-corrected chi connectivity index (χ4v) is 2.04. The Morgan fingerprint density at radius 3 is 2.67 bits per heavy atom. The molecule has 0 unspecified atom stereocenters. The summed E-state index contributed by atoms with van der Waals surface area (Å²) in [6.07, 6.45) is -1.06. The summed E-state index contributed by atoms with van der Waals surface area (Å²) in [6, 6.07) is 11.4. The molecule has 0 atom stereocenters. The van der Waals surface area contributed by atoms with Gasteiger partial charge >= 0.3 is 6.09 Å². The molecule has 15 heavy (non-hydrogen) atoms. The molecule has 3 nitrogen and oxygen atoms in total. The molecule has 2 rings (SSSR count). The number of anilines is 1. The Morgan fingerprint density at radius 2 is 1.93 bits per heavy atom. The summed E-state index contributed by atoms with van der Waals surface area (Å²) in [5.74, 6) is 0. The van der Waals surface area contributed by atoms with Gasteiger partial charge in [-0.3, -0.25) is 5.32 Å². The zero-order valence-electron chi connectivity index (χ0n) is 7.70. The monoisotopic (exact) mass is 265 g/mol. The van der Waals surface area contributed by atoms with Crippen molar-refractivity contribution in [3.8, 4) is 0 Å². The second-order valence-corrected chi connectivity index (χ2v) is 3.87. The molecule has 2 aromatic rings. The molecule has 0 fully saturated rings. The number of amides is 1. The van der Waals surface area contributed by atoms with E-state index in [1.54, 1.807) is 6.07 Å². The summed E-state index contributed by atoms with van der Waals surface area (Å²) in [7, 11) is 0. The summed E-state index contributed by atoms with van der Waals surface area (Å²) in [4.78, 5) is 10.5. The van der Waals surface area contributed by atoms with Gasteiger partial charge < -0.3 is 5.11 Å². The molecule has 1 amide bonds. The first-order chi connectivity index (χ1) is 7.18. The molecular formula is C11H8BrNO2. The standard InChI is InChI=1S/C11H8BrNO2/c12-10-8-4-2-1-3-7(8)5-6-9(10)13-11(14)15/h1-6,13H,(H,14,15). The first-order valence-electron chi connectivity index (χ1n) is 4.35. The van der Waals surface area contributed by atoms with E-state index in [0.717, 1.165) is 15.2 Å². The molecule has 0 saturated heterocycles. The maximum Gasteiger partial charge on any atom is 0.409 e. The van der Waals surface area contributed by atoms with Crippen LogP contribution in [0.1, 0.15) is 0 Å². The molecule has 0 aliphatic heterocycles. The highest BCUT2D eigenvalue weighted by Gasteiger charge is 2.06. The Labute approximate surface area is 94.9 Å². The maximum absolute atomic E-state index is 10.5. The van der Waals surface area contributed by atoms with E-state index in [0.29, 0.717) is 5.69 Å². The van der Waals surface area contributed by atoms with Crippen molar-refractivity contribution in [1.29, 1.82) is 0 Å². The normalized spacial score (nSPS) is 10.2. The van der Waals surface area contributed by atoms with E-state index in [-0.39, 0.29) is 0 Å². The van der Waals surface area contributed by atoms with Crippen LogP contribution in [0.5, 0.6) is 0 Å². The summed E-state index contributed by atoms with van der Waals surface area (Å²) >= 11 is 3.38. The third-order valence-corrected chi connectivity index (χ3v) is 2.96. The second-order valence-electron chi connectivity index (χ2n) is 3.08. The molecule has 76 valence electrons. The number of benzene rings is 2. The molecule has 0 aromatic heterocycles. The Morgan fingerprint density at radius 1 is 1.20 bits per heavy atom. The van der Waals surface area contributed by atoms with Crippen LogP contribution in [0.2, 0.25) is 0 Å². The number of carboxylic acid groups (broad SMARTS) is 1. The molecular weight excluding hydrogens is 258 g/mol. The van der Waals surface area contributed by atoms with Crippen LogP contribution < -0.4 is 5.32 Å². The molecule has 0 spiro atoms. The fourth-order valence-electron chi connectivity index (χ4n) is 1.45. The topological polar surface area (TPSA) is 49.3 Å². The van der Waals surface area contributed by atoms with Crippen LogP contribution in [0.4, 0.5) is 10.5 Å². The number of carbonyl (C=O) groups is 1. The van der Waals surface area contributed by atoms with Gasteiger partial charge in [0.15, 0.2) is 0 Å². The Bertz CT molecular complexity index is 525. The number of fused-ring (bicyclic) bond motifs is 1. The molecule has 4 heteroatoms. The lowest BCUT2D eigenvalue weighted by Crippen LogP contribution is -2.07. The number of nitrogens with one attached hydrogen (secondary N) is 1. The maximum atomic E-state index is 10.5. The summed E-state index contributed by atoms with van der Waals surface area (Å²) in [5, 5.41) is 13.0. The lowest BCUT2D eigenvalue weighted by Gasteiger charge is -2.07. The van der Waals surface area contributed by atoms with Gasteiger partial charge in [-0.1, -0.05) is 30.3 Å². The smallest absolute Gasteiger partial charge is 0.409 e. The number of halogens is 1. The molecule has 2 aromatic carbocycles. The first-order valence-corrected chi connectivity index (χ1v) is 5.15. The zero-order valence-corrected chi connectivity index (χ0v) is 9.28. The van der Waals surface area contributed by atoms with E-state index in [2.05, 4.69) is 21.2 Å². The van der Waals surface area contributed by atoms with Crippen molar-refractivity contribution in [2.24, 2.45) is 0 Å². The van der Waals surface area contributed by atoms with Gasteiger partial charge in [-0.15, -0.1) is 0 Å². The van der Waals surface area contributed by atoms with Crippen molar-refractivity contribution in [3.05, 3.63) is 40.9 Å². The van der Waals surface area contributed by atoms with Gasteiger partial charge in [-0.05, 0) is 32.8 Å². The Hall–Kier alpha value is -1.55. The predicted molar refractivity (Wildman–Crippen MR) is 63.3 cm³/mol. The number of rotatable bonds is 1. The Kier molecular flexibility index (Phi) is 2.60. The van der Waals surface area contributed by atoms with E-state index in [1.165, 1.54) is 0 Å². The van der Waals surface area contributed by atoms with Crippen molar-refractivity contribution in [3.63, 3.8) is 0 Å². The van der Waals surface area contributed by atoms with Gasteiger partial charge in [0.2, 0.25) is 0 Å². The minimum Gasteiger partial charge on any atom is -0.465 e. The van der Waals surface area contributed by atoms with Gasteiger partial charge in [0.1, 0.15) is 0 Å². The summed E-state index contributed by atoms with van der Waals surface area (Å²) in [6.45, 7) is 0. The van der Waals surface area contributed by atoms with Crippen LogP contribution in [0, 0.1) is 0 Å². The lowest BCUT2D eigenvalue weighted by molar-refractivity contribution is 0.209. The fraction of sp³-hybridized carbons (Fsp3) is 0. The Balaban J connectivity index is 2.59. The van der Waals surface area contributed by atoms with Gasteiger partial charge in [-0.25, -0.2) is 4.79 Å². The molecule has 0 saturated carbocycles. The molecule has 0 heterocycles. The van der Waals surface area contributed by atoms with E-state index in [4.69, 9.17) is 5.11 Å². The second kappa shape index (κ2) is 3.90. The predicted octanol–water partition coefficient (Wildman–Crippen LogP) is 3.69. The number of hydrogen-bond acceptors (Lipinski definition) is 1.